The van der Waals surface area contributed by atoms with Gasteiger partial charge in [0, 0.05) is 6.42 Å². The number of allylic oxidation sites excluding steroid dienone is 10. The number of esters is 1. The van der Waals surface area contributed by atoms with Crippen molar-refractivity contribution in [1.29, 1.82) is 0 Å². The molecule has 3 N–H and O–H groups in total. The summed E-state index contributed by atoms with van der Waals surface area (Å²) in [6, 6.07) is -0.722. The average Bonchev–Trinajstić information content (AvgIpc) is 3.28. The summed E-state index contributed by atoms with van der Waals surface area (Å²) in [5.74, 6) is -0.537. The first-order valence-corrected chi connectivity index (χ1v) is 27.0. The van der Waals surface area contributed by atoms with E-state index in [2.05, 4.69) is 86.8 Å². The Kier molecular flexibility index (Phi) is 48.6. The van der Waals surface area contributed by atoms with Gasteiger partial charge >= 0.3 is 5.97 Å². The number of rotatable bonds is 48. The summed E-state index contributed by atoms with van der Waals surface area (Å²) in [4.78, 5) is 26.1. The Morgan fingerprint density at radius 2 is 0.857 bits per heavy atom. The van der Waals surface area contributed by atoms with Gasteiger partial charge in [-0.3, -0.25) is 9.59 Å². The number of ether oxygens (including phenoxy) is 1. The van der Waals surface area contributed by atoms with E-state index in [-0.39, 0.29) is 24.9 Å². The Balaban J connectivity index is 4.60. The zero-order valence-corrected chi connectivity index (χ0v) is 41.7. The van der Waals surface area contributed by atoms with Crippen molar-refractivity contribution in [2.45, 2.75) is 283 Å². The summed E-state index contributed by atoms with van der Waals surface area (Å²) in [6.07, 6.45) is 62.9. The second kappa shape index (κ2) is 50.6. The Hall–Kier alpha value is -2.44. The highest BCUT2D eigenvalue weighted by Crippen LogP contribution is 2.17. The van der Waals surface area contributed by atoms with Crippen LogP contribution in [0, 0.1) is 0 Å². The minimum atomic E-state index is -0.805. The number of nitrogens with one attached hydrogen (secondary N) is 1. The summed E-state index contributed by atoms with van der Waals surface area (Å²) in [7, 11) is 0. The lowest BCUT2D eigenvalue weighted by Gasteiger charge is -2.24. The molecule has 0 aromatic rings. The minimum absolute atomic E-state index is 0.0360. The highest BCUT2D eigenvalue weighted by Gasteiger charge is 2.24. The van der Waals surface area contributed by atoms with E-state index in [1.54, 1.807) is 0 Å². The van der Waals surface area contributed by atoms with Crippen molar-refractivity contribution >= 4 is 11.9 Å². The molecule has 0 heterocycles. The van der Waals surface area contributed by atoms with Gasteiger partial charge in [0.05, 0.1) is 25.2 Å². The molecule has 0 fully saturated rings. The zero-order chi connectivity index (χ0) is 45.9. The van der Waals surface area contributed by atoms with Gasteiger partial charge in [-0.25, -0.2) is 0 Å². The van der Waals surface area contributed by atoms with Crippen LogP contribution >= 0.6 is 0 Å². The topological polar surface area (TPSA) is 95.9 Å². The van der Waals surface area contributed by atoms with Crippen LogP contribution in [0.2, 0.25) is 0 Å². The first kappa shape index (κ1) is 60.6. The van der Waals surface area contributed by atoms with Crippen LogP contribution in [-0.4, -0.2) is 46.9 Å². The predicted octanol–water partition coefficient (Wildman–Crippen LogP) is 16.4. The fourth-order valence-corrected chi connectivity index (χ4v) is 7.95. The molecule has 0 rings (SSSR count). The largest absolute Gasteiger partial charge is 0.462 e. The van der Waals surface area contributed by atoms with E-state index < -0.39 is 18.2 Å². The number of carbonyl (C=O) groups is 2. The standard InChI is InChI=1S/C57H103NO5/c1-4-7-10-13-16-19-22-24-26-28-30-32-34-36-39-42-45-48-53(63-57(62)50-47-44-41-38-21-18-15-12-9-6-3)51-56(61)58-54(52-59)55(60)49-46-43-40-37-35-33-31-29-27-25-23-20-17-14-11-8-5-2/h12,15-16,19,24,26,30,32,36,39,53-55,59-60H,4-11,13-14,17-18,20-23,25,27-29,31,33-35,37-38,40-52H2,1-3H3,(H,58,61)/b15-12-,19-16-,26-24-,32-30-,39-36-. The first-order chi connectivity index (χ1) is 31.0. The van der Waals surface area contributed by atoms with Gasteiger partial charge in [0.2, 0.25) is 5.91 Å². The third-order valence-corrected chi connectivity index (χ3v) is 12.1. The summed E-state index contributed by atoms with van der Waals surface area (Å²) in [6.45, 7) is 6.39. The molecule has 63 heavy (non-hydrogen) atoms. The van der Waals surface area contributed by atoms with Crippen LogP contribution in [0.25, 0.3) is 0 Å². The lowest BCUT2D eigenvalue weighted by molar-refractivity contribution is -0.151. The maximum atomic E-state index is 13.2. The molecule has 0 saturated carbocycles. The molecule has 6 nitrogen and oxygen atoms in total. The van der Waals surface area contributed by atoms with Crippen LogP contribution in [0.15, 0.2) is 60.8 Å². The van der Waals surface area contributed by atoms with Crippen molar-refractivity contribution in [1.82, 2.24) is 5.32 Å². The van der Waals surface area contributed by atoms with Crippen LogP contribution in [0.4, 0.5) is 0 Å². The van der Waals surface area contributed by atoms with Crippen LogP contribution in [0.1, 0.15) is 265 Å². The number of amides is 1. The fraction of sp³-hybridized carbons (Fsp3) is 0.789. The van der Waals surface area contributed by atoms with E-state index in [0.717, 1.165) is 83.5 Å². The van der Waals surface area contributed by atoms with Gasteiger partial charge in [0.15, 0.2) is 0 Å². The maximum Gasteiger partial charge on any atom is 0.306 e. The van der Waals surface area contributed by atoms with Crippen molar-refractivity contribution in [3.05, 3.63) is 60.8 Å². The van der Waals surface area contributed by atoms with Crippen molar-refractivity contribution in [2.24, 2.45) is 0 Å². The van der Waals surface area contributed by atoms with Crippen molar-refractivity contribution in [2.75, 3.05) is 6.61 Å². The highest BCUT2D eigenvalue weighted by atomic mass is 16.5. The smallest absolute Gasteiger partial charge is 0.306 e. The van der Waals surface area contributed by atoms with Gasteiger partial charge in [-0.05, 0) is 83.5 Å². The minimum Gasteiger partial charge on any atom is -0.462 e. The molecule has 0 aromatic heterocycles. The van der Waals surface area contributed by atoms with Crippen molar-refractivity contribution < 1.29 is 24.5 Å². The van der Waals surface area contributed by atoms with E-state index in [1.807, 2.05) is 0 Å². The summed E-state index contributed by atoms with van der Waals surface area (Å²) < 4.78 is 5.90. The number of carbonyl (C=O) groups excluding carboxylic acids is 2. The average molecular weight is 882 g/mol. The van der Waals surface area contributed by atoms with Crippen LogP contribution in [0.5, 0.6) is 0 Å². The number of hydrogen-bond acceptors (Lipinski definition) is 5. The molecular weight excluding hydrogens is 779 g/mol. The molecule has 3 atom stereocenters. The summed E-state index contributed by atoms with van der Waals surface area (Å²) in [5, 5.41) is 23.8. The molecule has 366 valence electrons. The number of unbranched alkanes of at least 4 members (excludes halogenated alkanes) is 26. The molecule has 3 unspecified atom stereocenters. The van der Waals surface area contributed by atoms with Crippen LogP contribution < -0.4 is 5.32 Å². The van der Waals surface area contributed by atoms with Gasteiger partial charge in [0.1, 0.15) is 6.10 Å². The van der Waals surface area contributed by atoms with E-state index in [1.165, 1.54) is 135 Å². The van der Waals surface area contributed by atoms with E-state index in [9.17, 15) is 19.8 Å². The highest BCUT2D eigenvalue weighted by molar-refractivity contribution is 5.77. The van der Waals surface area contributed by atoms with Gasteiger partial charge in [-0.15, -0.1) is 0 Å². The van der Waals surface area contributed by atoms with E-state index in [4.69, 9.17) is 4.74 Å². The Morgan fingerprint density at radius 3 is 1.37 bits per heavy atom. The van der Waals surface area contributed by atoms with Gasteiger partial charge < -0.3 is 20.3 Å². The van der Waals surface area contributed by atoms with Crippen LogP contribution in [0.3, 0.4) is 0 Å². The number of aliphatic hydroxyl groups excluding tert-OH is 2. The molecule has 0 spiro atoms. The SMILES string of the molecule is CCC/C=C\CCCCCCCC(=O)OC(CCC/C=C\C/C=C\C/C=C\C/C=C\CCCCC)CC(=O)NC(CO)C(O)CCCCCCCCCCCCCCCCCCC. The Labute approximate surface area is 390 Å². The lowest BCUT2D eigenvalue weighted by atomic mass is 10.0. The molecule has 1 amide bonds. The second-order valence-corrected chi connectivity index (χ2v) is 18.3. The quantitative estimate of drug-likeness (QED) is 0.0321. The molecule has 6 heteroatoms. The predicted molar refractivity (Wildman–Crippen MR) is 273 cm³/mol. The maximum absolute atomic E-state index is 13.2. The van der Waals surface area contributed by atoms with E-state index in [0.29, 0.717) is 19.3 Å². The molecule has 0 aliphatic rings. The third kappa shape index (κ3) is 45.9. The van der Waals surface area contributed by atoms with Gasteiger partial charge in [-0.2, -0.15) is 0 Å². The Bertz CT molecular complexity index is 1130. The molecule has 0 saturated heterocycles. The van der Waals surface area contributed by atoms with Gasteiger partial charge in [0.25, 0.3) is 0 Å². The third-order valence-electron chi connectivity index (χ3n) is 12.1. The Morgan fingerprint density at radius 1 is 0.460 bits per heavy atom. The zero-order valence-electron chi connectivity index (χ0n) is 41.7. The molecule has 0 aliphatic heterocycles. The van der Waals surface area contributed by atoms with Gasteiger partial charge in [-0.1, -0.05) is 229 Å². The van der Waals surface area contributed by atoms with E-state index >= 15 is 0 Å². The molecule has 0 aliphatic carbocycles. The normalized spacial score (nSPS) is 13.7. The molecule has 0 radical (unpaired) electrons. The molecular formula is C57H103NO5. The first-order valence-electron chi connectivity index (χ1n) is 27.0. The van der Waals surface area contributed by atoms with Crippen LogP contribution in [-0.2, 0) is 14.3 Å². The monoisotopic (exact) mass is 882 g/mol. The number of aliphatic hydroxyl groups is 2. The molecule has 0 aromatic carbocycles. The number of hydrogen-bond donors (Lipinski definition) is 3. The summed E-state index contributed by atoms with van der Waals surface area (Å²) in [5.41, 5.74) is 0. The lowest BCUT2D eigenvalue weighted by Crippen LogP contribution is -2.46. The second-order valence-electron chi connectivity index (χ2n) is 18.3. The van der Waals surface area contributed by atoms with Crippen molar-refractivity contribution in [3.8, 4) is 0 Å². The summed E-state index contributed by atoms with van der Waals surface area (Å²) >= 11 is 0. The van der Waals surface area contributed by atoms with Crippen molar-refractivity contribution in [3.63, 3.8) is 0 Å². The molecule has 0 bridgehead atoms. The fourth-order valence-electron chi connectivity index (χ4n) is 7.95.